The molecule has 1 spiro atoms. The van der Waals surface area contributed by atoms with Crippen molar-refractivity contribution in [3.05, 3.63) is 238 Å². The predicted molar refractivity (Wildman–Crippen MR) is 252 cm³/mol. The Morgan fingerprint density at radius 2 is 1.28 bits per heavy atom. The standard InChI is InChI=1S/C59H44FN/c1-39-37-40(2)55-49-24-16-23-47(57(49)59(52(55)38-39)50-25-12-10-22-48(50)56-51(59)26-13-14-27-53(56)60)46-21-11-15-28-54(46)61(45-31-29-43(30-32-45)41-17-6-4-7-18-41)58(3)35-33-44(34-36-58)42-19-8-5-9-20-42/h4-12,15-25,27-35,37-38H,26,36H2,1-3H3. The molecule has 0 saturated carbocycles. The van der Waals surface area contributed by atoms with Gasteiger partial charge in [-0.25, -0.2) is 4.39 Å². The number of hydrogen-bond donors (Lipinski definition) is 0. The van der Waals surface area contributed by atoms with Gasteiger partial charge in [0.2, 0.25) is 0 Å². The van der Waals surface area contributed by atoms with Crippen LogP contribution in [0.4, 0.5) is 15.8 Å². The number of nitrogens with zero attached hydrogens (tertiary/aromatic N) is 1. The smallest absolute Gasteiger partial charge is 0.139 e. The first-order valence-electron chi connectivity index (χ1n) is 21.3. The molecule has 2 atom stereocenters. The molecule has 0 radical (unpaired) electrons. The lowest BCUT2D eigenvalue weighted by molar-refractivity contribution is 0.572. The van der Waals surface area contributed by atoms with Crippen LogP contribution in [0.1, 0.15) is 58.7 Å². The fraction of sp³-hybridized carbons (Fsp3) is 0.119. The lowest BCUT2D eigenvalue weighted by Crippen LogP contribution is -2.42. The third-order valence-corrected chi connectivity index (χ3v) is 13.4. The zero-order valence-electron chi connectivity index (χ0n) is 34.6. The van der Waals surface area contributed by atoms with Crippen LogP contribution in [0.5, 0.6) is 0 Å². The third-order valence-electron chi connectivity index (χ3n) is 13.4. The Morgan fingerprint density at radius 3 is 2.03 bits per heavy atom. The number of allylic oxidation sites excluding steroid dienone is 6. The van der Waals surface area contributed by atoms with Gasteiger partial charge in [-0.3, -0.25) is 0 Å². The molecule has 11 rings (SSSR count). The molecule has 7 aromatic rings. The number of aryl methyl sites for hydroxylation is 2. The van der Waals surface area contributed by atoms with Crippen LogP contribution < -0.4 is 4.90 Å². The highest BCUT2D eigenvalue weighted by atomic mass is 19.1. The van der Waals surface area contributed by atoms with Crippen molar-refractivity contribution >= 4 is 22.5 Å². The van der Waals surface area contributed by atoms with Gasteiger partial charge in [0.25, 0.3) is 0 Å². The minimum Gasteiger partial charge on any atom is -0.331 e. The summed E-state index contributed by atoms with van der Waals surface area (Å²) in [6.45, 7) is 6.76. The molecule has 0 saturated heterocycles. The molecule has 61 heavy (non-hydrogen) atoms. The van der Waals surface area contributed by atoms with Gasteiger partial charge in [0, 0.05) is 35.0 Å². The van der Waals surface area contributed by atoms with Crippen molar-refractivity contribution in [3.8, 4) is 45.2 Å². The Labute approximate surface area is 358 Å². The van der Waals surface area contributed by atoms with E-state index in [-0.39, 0.29) is 5.83 Å². The molecule has 0 aliphatic heterocycles. The van der Waals surface area contributed by atoms with Gasteiger partial charge in [-0.2, -0.15) is 0 Å². The molecule has 292 valence electrons. The fourth-order valence-electron chi connectivity index (χ4n) is 10.9. The number of rotatable bonds is 6. The van der Waals surface area contributed by atoms with Crippen LogP contribution in [0.15, 0.2) is 199 Å². The van der Waals surface area contributed by atoms with E-state index in [1.807, 2.05) is 6.07 Å². The van der Waals surface area contributed by atoms with Crippen LogP contribution >= 0.6 is 0 Å². The summed E-state index contributed by atoms with van der Waals surface area (Å²) in [5.41, 5.74) is 19.2. The molecule has 7 aromatic carbocycles. The van der Waals surface area contributed by atoms with Crippen molar-refractivity contribution in [1.82, 2.24) is 0 Å². The molecule has 1 nitrogen and oxygen atoms in total. The summed E-state index contributed by atoms with van der Waals surface area (Å²) in [7, 11) is 0. The monoisotopic (exact) mass is 785 g/mol. The van der Waals surface area contributed by atoms with Crippen LogP contribution in [0.3, 0.4) is 0 Å². The number of hydrogen-bond acceptors (Lipinski definition) is 1. The van der Waals surface area contributed by atoms with Crippen LogP contribution in [-0.2, 0) is 5.41 Å². The third kappa shape index (κ3) is 5.61. The first-order chi connectivity index (χ1) is 29.9. The summed E-state index contributed by atoms with van der Waals surface area (Å²) in [6, 6.07) is 59.1. The van der Waals surface area contributed by atoms with E-state index in [0.29, 0.717) is 12.0 Å². The summed E-state index contributed by atoms with van der Waals surface area (Å²) in [6.07, 6.45) is 9.81. The molecule has 4 aliphatic rings. The zero-order chi connectivity index (χ0) is 41.3. The van der Waals surface area contributed by atoms with Crippen molar-refractivity contribution in [2.24, 2.45) is 0 Å². The van der Waals surface area contributed by atoms with Crippen LogP contribution in [0, 0.1) is 25.7 Å². The molecule has 0 heterocycles. The Morgan fingerprint density at radius 1 is 0.623 bits per heavy atom. The first kappa shape index (κ1) is 36.8. The molecule has 0 N–H and O–H groups in total. The molecule has 0 bridgehead atoms. The van der Waals surface area contributed by atoms with Crippen molar-refractivity contribution < 1.29 is 4.39 Å². The molecule has 2 heteroatoms. The average molecular weight is 786 g/mol. The van der Waals surface area contributed by atoms with Gasteiger partial charge in [0.05, 0.1) is 11.0 Å². The lowest BCUT2D eigenvalue weighted by Gasteiger charge is -2.43. The Bertz CT molecular complexity index is 3120. The van der Waals surface area contributed by atoms with E-state index in [0.717, 1.165) is 45.6 Å². The number of halogens is 1. The van der Waals surface area contributed by atoms with E-state index in [1.54, 1.807) is 0 Å². The van der Waals surface area contributed by atoms with Crippen molar-refractivity contribution in [2.75, 3.05) is 4.90 Å². The van der Waals surface area contributed by atoms with Crippen molar-refractivity contribution in [3.63, 3.8) is 0 Å². The SMILES string of the molecule is Cc1cc(C)c2c(c1)C1(C3=C(C(F)=CC#CC3)c3ccccc31)c1c(-c3ccccc3N(c3ccc(-c4ccccc4)cc3)C3(C)C=CC(c4ccccc4)=CC3)cccc1-2. The Kier molecular flexibility index (Phi) is 8.59. The van der Waals surface area contributed by atoms with Gasteiger partial charge in [-0.1, -0.05) is 181 Å². The summed E-state index contributed by atoms with van der Waals surface area (Å²) in [5.74, 6) is 6.16. The molecule has 0 fully saturated rings. The number of benzene rings is 7. The first-order valence-corrected chi connectivity index (χ1v) is 21.3. The van der Waals surface area contributed by atoms with E-state index < -0.39 is 11.0 Å². The molecule has 4 aliphatic carbocycles. The lowest BCUT2D eigenvalue weighted by atomic mass is 9.66. The maximum atomic E-state index is 16.6. The highest BCUT2D eigenvalue weighted by Crippen LogP contribution is 2.66. The Hall–Kier alpha value is -7.21. The zero-order valence-corrected chi connectivity index (χ0v) is 34.6. The Balaban J connectivity index is 1.17. The maximum Gasteiger partial charge on any atom is 0.139 e. The minimum atomic E-state index is -0.745. The second-order valence-corrected chi connectivity index (χ2v) is 17.1. The van der Waals surface area contributed by atoms with E-state index in [2.05, 4.69) is 213 Å². The molecular formula is C59H44FN. The predicted octanol–water partition coefficient (Wildman–Crippen LogP) is 14.9. The average Bonchev–Trinajstić information content (AvgIpc) is 3.67. The maximum absolute atomic E-state index is 16.6. The summed E-state index contributed by atoms with van der Waals surface area (Å²) >= 11 is 0. The van der Waals surface area contributed by atoms with Gasteiger partial charge in [0.15, 0.2) is 0 Å². The molecule has 0 aromatic heterocycles. The fourth-order valence-corrected chi connectivity index (χ4v) is 10.9. The van der Waals surface area contributed by atoms with E-state index >= 15 is 4.39 Å². The number of anilines is 2. The van der Waals surface area contributed by atoms with E-state index in [1.165, 1.54) is 61.7 Å². The van der Waals surface area contributed by atoms with Crippen molar-refractivity contribution in [2.45, 2.75) is 44.6 Å². The summed E-state index contributed by atoms with van der Waals surface area (Å²) in [4.78, 5) is 2.54. The largest absolute Gasteiger partial charge is 0.331 e. The molecule has 0 amide bonds. The number of para-hydroxylation sites is 1. The van der Waals surface area contributed by atoms with E-state index in [4.69, 9.17) is 0 Å². The van der Waals surface area contributed by atoms with Gasteiger partial charge < -0.3 is 4.90 Å². The van der Waals surface area contributed by atoms with Gasteiger partial charge >= 0.3 is 0 Å². The van der Waals surface area contributed by atoms with Crippen molar-refractivity contribution in [1.29, 1.82) is 0 Å². The molecular weight excluding hydrogens is 742 g/mol. The highest BCUT2D eigenvalue weighted by molar-refractivity contribution is 6.03. The van der Waals surface area contributed by atoms with Crippen LogP contribution in [-0.4, -0.2) is 5.54 Å². The van der Waals surface area contributed by atoms with Gasteiger partial charge in [-0.05, 0) is 118 Å². The van der Waals surface area contributed by atoms with Crippen LogP contribution in [0.2, 0.25) is 0 Å². The van der Waals surface area contributed by atoms with Gasteiger partial charge in [0.1, 0.15) is 5.83 Å². The second kappa shape index (κ2) is 14.2. The second-order valence-electron chi connectivity index (χ2n) is 17.1. The minimum absolute atomic E-state index is 0.258. The highest BCUT2D eigenvalue weighted by Gasteiger charge is 2.55. The number of fused-ring (bicyclic) bond motifs is 9. The quantitative estimate of drug-likeness (QED) is 0.152. The normalized spacial score (nSPS) is 19.2. The van der Waals surface area contributed by atoms with Crippen LogP contribution in [0.25, 0.3) is 44.5 Å². The molecule has 2 unspecified atom stereocenters. The summed E-state index contributed by atoms with van der Waals surface area (Å²) in [5, 5.41) is 0. The summed E-state index contributed by atoms with van der Waals surface area (Å²) < 4.78 is 16.6. The topological polar surface area (TPSA) is 3.24 Å². The van der Waals surface area contributed by atoms with E-state index in [9.17, 15) is 0 Å². The van der Waals surface area contributed by atoms with Gasteiger partial charge in [-0.15, -0.1) is 0 Å².